The third-order valence-corrected chi connectivity index (χ3v) is 3.79. The van der Waals surface area contributed by atoms with Crippen LogP contribution in [0, 0.1) is 12.7 Å². The Morgan fingerprint density at radius 1 is 1.38 bits per heavy atom. The van der Waals surface area contributed by atoms with E-state index in [0.29, 0.717) is 11.0 Å². The molecule has 1 aromatic heterocycles. The molecule has 0 bridgehead atoms. The molecule has 0 atom stereocenters. The van der Waals surface area contributed by atoms with Crippen LogP contribution in [0.4, 0.5) is 10.1 Å². The molecule has 0 fully saturated rings. The number of benzene rings is 1. The summed E-state index contributed by atoms with van der Waals surface area (Å²) in [4.78, 5) is 0. The number of hydrogen-bond donors (Lipinski definition) is 1. The van der Waals surface area contributed by atoms with E-state index in [1.165, 1.54) is 11.6 Å². The molecule has 0 saturated heterocycles. The van der Waals surface area contributed by atoms with E-state index < -0.39 is 0 Å². The zero-order valence-corrected chi connectivity index (χ0v) is 11.2. The summed E-state index contributed by atoms with van der Waals surface area (Å²) >= 11 is 4.85. The molecule has 2 aromatic rings. The topological polar surface area (TPSA) is 12.0 Å². The van der Waals surface area contributed by atoms with Gasteiger partial charge in [0.15, 0.2) is 0 Å². The van der Waals surface area contributed by atoms with Gasteiger partial charge in [0.2, 0.25) is 0 Å². The van der Waals surface area contributed by atoms with Crippen LogP contribution in [0.25, 0.3) is 0 Å². The van der Waals surface area contributed by atoms with Crippen molar-refractivity contribution in [2.75, 3.05) is 5.32 Å². The molecule has 1 nitrogen and oxygen atoms in total. The molecule has 0 aliphatic carbocycles. The summed E-state index contributed by atoms with van der Waals surface area (Å²) in [6, 6.07) is 5.06. The van der Waals surface area contributed by atoms with Crippen LogP contribution in [0.2, 0.25) is 0 Å². The van der Waals surface area contributed by atoms with Gasteiger partial charge in [-0.3, -0.25) is 0 Å². The molecule has 1 aromatic carbocycles. The molecule has 0 radical (unpaired) electrons. The van der Waals surface area contributed by atoms with Crippen LogP contribution < -0.4 is 5.32 Å². The van der Waals surface area contributed by atoms with Crippen molar-refractivity contribution in [2.24, 2.45) is 0 Å². The lowest BCUT2D eigenvalue weighted by Gasteiger charge is -2.06. The maximum absolute atomic E-state index is 13.0. The normalized spacial score (nSPS) is 10.4. The van der Waals surface area contributed by atoms with Crippen molar-refractivity contribution in [3.63, 3.8) is 0 Å². The Kier molecular flexibility index (Phi) is 3.61. The van der Waals surface area contributed by atoms with Gasteiger partial charge in [-0.25, -0.2) is 4.39 Å². The Labute approximate surface area is 106 Å². The first-order valence-corrected chi connectivity index (χ1v) is 6.61. The molecule has 2 rings (SSSR count). The van der Waals surface area contributed by atoms with E-state index >= 15 is 0 Å². The van der Waals surface area contributed by atoms with E-state index in [1.807, 2.05) is 0 Å². The highest BCUT2D eigenvalue weighted by atomic mass is 79.9. The van der Waals surface area contributed by atoms with E-state index in [4.69, 9.17) is 0 Å². The summed E-state index contributed by atoms with van der Waals surface area (Å²) in [7, 11) is 0. The highest BCUT2D eigenvalue weighted by Gasteiger charge is 2.02. The highest BCUT2D eigenvalue weighted by Crippen LogP contribution is 2.21. The average molecular weight is 300 g/mol. The molecular formula is C12H11BrFNS. The molecule has 0 unspecified atom stereocenters. The van der Waals surface area contributed by atoms with Crippen molar-refractivity contribution in [2.45, 2.75) is 13.5 Å². The minimum atomic E-state index is -0.226. The van der Waals surface area contributed by atoms with Gasteiger partial charge in [0.25, 0.3) is 0 Å². The van der Waals surface area contributed by atoms with Crippen LogP contribution in [0.3, 0.4) is 0 Å². The first-order chi connectivity index (χ1) is 7.66. The van der Waals surface area contributed by atoms with Crippen LogP contribution in [0.5, 0.6) is 0 Å². The van der Waals surface area contributed by atoms with Crippen molar-refractivity contribution in [3.05, 3.63) is 50.4 Å². The molecule has 1 heterocycles. The van der Waals surface area contributed by atoms with E-state index in [-0.39, 0.29) is 5.82 Å². The summed E-state index contributed by atoms with van der Waals surface area (Å²) in [6.07, 6.45) is 0. The molecule has 84 valence electrons. The summed E-state index contributed by atoms with van der Waals surface area (Å²) < 4.78 is 13.5. The van der Waals surface area contributed by atoms with Crippen molar-refractivity contribution < 1.29 is 4.39 Å². The van der Waals surface area contributed by atoms with Gasteiger partial charge in [-0.2, -0.15) is 0 Å². The third-order valence-electron chi connectivity index (χ3n) is 2.32. The van der Waals surface area contributed by atoms with E-state index in [0.717, 1.165) is 11.3 Å². The van der Waals surface area contributed by atoms with Crippen LogP contribution in [0.15, 0.2) is 33.4 Å². The van der Waals surface area contributed by atoms with Crippen LogP contribution in [0.1, 0.15) is 11.1 Å². The van der Waals surface area contributed by atoms with Gasteiger partial charge in [0, 0.05) is 17.6 Å². The molecular weight excluding hydrogens is 289 g/mol. The van der Waals surface area contributed by atoms with Gasteiger partial charge in [0.05, 0.1) is 4.47 Å². The van der Waals surface area contributed by atoms with Crippen LogP contribution in [-0.4, -0.2) is 0 Å². The lowest BCUT2D eigenvalue weighted by Crippen LogP contribution is -1.99. The number of nitrogens with one attached hydrogen (secondary N) is 1. The van der Waals surface area contributed by atoms with Crippen molar-refractivity contribution in [1.82, 2.24) is 0 Å². The van der Waals surface area contributed by atoms with E-state index in [1.54, 1.807) is 23.5 Å². The Bertz CT molecular complexity index is 496. The van der Waals surface area contributed by atoms with Gasteiger partial charge in [-0.05, 0) is 51.5 Å². The largest absolute Gasteiger partial charge is 0.380 e. The fourth-order valence-electron chi connectivity index (χ4n) is 1.39. The smallest absolute Gasteiger partial charge is 0.137 e. The Balaban J connectivity index is 2.05. The summed E-state index contributed by atoms with van der Waals surface area (Å²) in [5, 5.41) is 7.50. The fraction of sp³-hybridized carbons (Fsp3) is 0.167. The fourth-order valence-corrected chi connectivity index (χ4v) is 2.62. The van der Waals surface area contributed by atoms with Crippen LogP contribution in [-0.2, 0) is 6.54 Å². The van der Waals surface area contributed by atoms with Crippen LogP contribution >= 0.6 is 27.3 Å². The van der Waals surface area contributed by atoms with Crippen molar-refractivity contribution in [3.8, 4) is 0 Å². The molecule has 0 amide bonds. The minimum absolute atomic E-state index is 0.226. The first kappa shape index (κ1) is 11.6. The molecule has 16 heavy (non-hydrogen) atoms. The monoisotopic (exact) mass is 299 g/mol. The Hall–Kier alpha value is -0.870. The molecule has 0 aliphatic heterocycles. The number of halogens is 2. The van der Waals surface area contributed by atoms with Crippen molar-refractivity contribution >= 4 is 33.0 Å². The predicted octanol–water partition coefficient (Wildman–Crippen LogP) is 4.57. The maximum atomic E-state index is 13.0. The standard InChI is InChI=1S/C12H11BrFNS/c1-8-6-16-7-12(8)15-5-9-2-3-11(14)10(13)4-9/h2-4,6-7,15H,5H2,1H3. The predicted molar refractivity (Wildman–Crippen MR) is 70.5 cm³/mol. The maximum Gasteiger partial charge on any atom is 0.137 e. The number of hydrogen-bond acceptors (Lipinski definition) is 2. The van der Waals surface area contributed by atoms with Gasteiger partial charge < -0.3 is 5.32 Å². The zero-order chi connectivity index (χ0) is 11.5. The second-order valence-electron chi connectivity index (χ2n) is 3.57. The van der Waals surface area contributed by atoms with Gasteiger partial charge in [0.1, 0.15) is 5.82 Å². The van der Waals surface area contributed by atoms with Gasteiger partial charge >= 0.3 is 0 Å². The molecule has 0 aliphatic rings. The molecule has 4 heteroatoms. The first-order valence-electron chi connectivity index (χ1n) is 4.87. The second-order valence-corrected chi connectivity index (χ2v) is 5.17. The summed E-state index contributed by atoms with van der Waals surface area (Å²) in [6.45, 7) is 2.77. The van der Waals surface area contributed by atoms with E-state index in [2.05, 4.69) is 38.9 Å². The molecule has 1 N–H and O–H groups in total. The zero-order valence-electron chi connectivity index (χ0n) is 8.76. The highest BCUT2D eigenvalue weighted by molar-refractivity contribution is 9.10. The number of anilines is 1. The van der Waals surface area contributed by atoms with Gasteiger partial charge in [-0.1, -0.05) is 6.07 Å². The average Bonchev–Trinajstić information content (AvgIpc) is 2.66. The quantitative estimate of drug-likeness (QED) is 0.875. The number of aryl methyl sites for hydroxylation is 1. The number of thiophene rings is 1. The molecule has 0 spiro atoms. The minimum Gasteiger partial charge on any atom is -0.380 e. The third kappa shape index (κ3) is 2.62. The lowest BCUT2D eigenvalue weighted by atomic mass is 10.2. The van der Waals surface area contributed by atoms with E-state index in [9.17, 15) is 4.39 Å². The molecule has 0 saturated carbocycles. The lowest BCUT2D eigenvalue weighted by molar-refractivity contribution is 0.620. The van der Waals surface area contributed by atoms with Gasteiger partial charge in [-0.15, -0.1) is 11.3 Å². The summed E-state index contributed by atoms with van der Waals surface area (Å²) in [5.41, 5.74) is 3.44. The number of rotatable bonds is 3. The SMILES string of the molecule is Cc1cscc1NCc1ccc(F)c(Br)c1. The Morgan fingerprint density at radius 3 is 2.81 bits per heavy atom. The second kappa shape index (κ2) is 4.97. The summed E-state index contributed by atoms with van der Waals surface area (Å²) in [5.74, 6) is -0.226. The Morgan fingerprint density at radius 2 is 2.19 bits per heavy atom. The van der Waals surface area contributed by atoms with Crippen molar-refractivity contribution in [1.29, 1.82) is 0 Å².